The van der Waals surface area contributed by atoms with E-state index in [0.29, 0.717) is 17.0 Å². The number of carbonyl (C=O) groups is 2. The molecule has 0 aliphatic heterocycles. The third-order valence-electron chi connectivity index (χ3n) is 6.53. The maximum absolute atomic E-state index is 14.1. The fraction of sp³-hybridized carbons (Fsp3) is 0.310. The van der Waals surface area contributed by atoms with Crippen molar-refractivity contribution in [2.75, 3.05) is 10.8 Å². The van der Waals surface area contributed by atoms with E-state index >= 15 is 0 Å². The Morgan fingerprint density at radius 2 is 1.54 bits per heavy atom. The van der Waals surface area contributed by atoms with E-state index in [1.807, 2.05) is 13.8 Å². The Bertz CT molecular complexity index is 1490. The van der Waals surface area contributed by atoms with E-state index in [4.69, 9.17) is 46.4 Å². The van der Waals surface area contributed by atoms with Gasteiger partial charge in [0.1, 0.15) is 12.6 Å². The predicted molar refractivity (Wildman–Crippen MR) is 166 cm³/mol. The quantitative estimate of drug-likeness (QED) is 0.223. The smallest absolute Gasteiger partial charge is 0.264 e. The summed E-state index contributed by atoms with van der Waals surface area (Å²) in [7, 11) is -4.28. The Morgan fingerprint density at radius 1 is 0.854 bits per heavy atom. The normalized spacial score (nSPS) is 12.9. The molecule has 3 aromatic carbocycles. The Kier molecular flexibility index (Phi) is 11.8. The van der Waals surface area contributed by atoms with Crippen molar-refractivity contribution in [1.29, 1.82) is 0 Å². The van der Waals surface area contributed by atoms with Gasteiger partial charge in [-0.25, -0.2) is 8.42 Å². The van der Waals surface area contributed by atoms with Crippen LogP contribution in [0.3, 0.4) is 0 Å². The number of rotatable bonds is 12. The second-order valence-corrected chi connectivity index (χ2v) is 12.9. The van der Waals surface area contributed by atoms with Crippen LogP contribution in [0.25, 0.3) is 0 Å². The van der Waals surface area contributed by atoms with Crippen LogP contribution >= 0.6 is 46.4 Å². The van der Waals surface area contributed by atoms with Crippen molar-refractivity contribution in [3.05, 3.63) is 92.4 Å². The van der Waals surface area contributed by atoms with Crippen LogP contribution in [0.1, 0.15) is 39.2 Å². The molecule has 0 aliphatic carbocycles. The first-order valence-corrected chi connectivity index (χ1v) is 15.9. The van der Waals surface area contributed by atoms with Crippen LogP contribution in [0.15, 0.2) is 71.6 Å². The number of amides is 2. The van der Waals surface area contributed by atoms with E-state index in [-0.39, 0.29) is 50.6 Å². The largest absolute Gasteiger partial charge is 0.352 e. The van der Waals surface area contributed by atoms with Gasteiger partial charge in [-0.15, -0.1) is 0 Å². The third kappa shape index (κ3) is 8.08. The maximum atomic E-state index is 14.1. The van der Waals surface area contributed by atoms with Gasteiger partial charge in [-0.05, 0) is 61.7 Å². The molecular formula is C29H31Cl4N3O4S. The number of nitrogens with zero attached hydrogens (tertiary/aromatic N) is 2. The van der Waals surface area contributed by atoms with Crippen LogP contribution in [-0.4, -0.2) is 43.8 Å². The summed E-state index contributed by atoms with van der Waals surface area (Å²) in [6.45, 7) is 4.91. The highest BCUT2D eigenvalue weighted by Crippen LogP contribution is 2.35. The molecule has 0 aromatic heterocycles. The summed E-state index contributed by atoms with van der Waals surface area (Å²) in [4.78, 5) is 28.8. The van der Waals surface area contributed by atoms with E-state index in [0.717, 1.165) is 4.31 Å². The van der Waals surface area contributed by atoms with Crippen LogP contribution in [0.4, 0.5) is 5.69 Å². The first-order valence-electron chi connectivity index (χ1n) is 13.0. The zero-order valence-corrected chi connectivity index (χ0v) is 26.6. The summed E-state index contributed by atoms with van der Waals surface area (Å²) in [5.74, 6) is -0.980. The summed E-state index contributed by atoms with van der Waals surface area (Å²) < 4.78 is 28.7. The molecule has 12 heteroatoms. The fourth-order valence-corrected chi connectivity index (χ4v) is 6.33. The van der Waals surface area contributed by atoms with Gasteiger partial charge in [0.05, 0.1) is 30.7 Å². The summed E-state index contributed by atoms with van der Waals surface area (Å²) in [6, 6.07) is 16.1. The van der Waals surface area contributed by atoms with Gasteiger partial charge in [-0.1, -0.05) is 90.6 Å². The van der Waals surface area contributed by atoms with Crippen molar-refractivity contribution in [1.82, 2.24) is 10.2 Å². The third-order valence-corrected chi connectivity index (χ3v) is 9.86. The molecular weight excluding hydrogens is 628 g/mol. The van der Waals surface area contributed by atoms with E-state index in [2.05, 4.69) is 5.32 Å². The SMILES string of the molecule is CCC(C)NC(=O)C(CC)N(Cc1ccc(Cl)c(Cl)c1)C(=O)CN(c1cccc(Cl)c1Cl)S(=O)(=O)c1ccccc1. The standard InChI is InChI=1S/C29H31Cl4N3O4S/c1-4-19(3)34-29(38)25(5-2)35(17-20-14-15-22(30)24(32)16-20)27(37)18-36(26-13-9-12-23(31)28(26)33)41(39,40)21-10-7-6-8-11-21/h6-16,19,25H,4-5,17-18H2,1-3H3,(H,34,38). The van der Waals surface area contributed by atoms with Crippen molar-refractivity contribution in [2.24, 2.45) is 0 Å². The Hall–Kier alpha value is -2.49. The average molecular weight is 659 g/mol. The molecule has 7 nitrogen and oxygen atoms in total. The lowest BCUT2D eigenvalue weighted by molar-refractivity contribution is -0.140. The monoisotopic (exact) mass is 657 g/mol. The number of anilines is 1. The zero-order valence-electron chi connectivity index (χ0n) is 22.8. The van der Waals surface area contributed by atoms with Crippen LogP contribution in [-0.2, 0) is 26.2 Å². The van der Waals surface area contributed by atoms with Gasteiger partial charge in [0.2, 0.25) is 11.8 Å². The highest BCUT2D eigenvalue weighted by Gasteiger charge is 2.35. The molecule has 3 rings (SSSR count). The second kappa shape index (κ2) is 14.6. The van der Waals surface area contributed by atoms with E-state index in [1.165, 1.54) is 29.2 Å². The lowest BCUT2D eigenvalue weighted by atomic mass is 10.1. The van der Waals surface area contributed by atoms with Crippen molar-refractivity contribution in [2.45, 2.75) is 57.1 Å². The van der Waals surface area contributed by atoms with E-state index < -0.39 is 28.5 Å². The molecule has 0 fully saturated rings. The first kappa shape index (κ1) is 33.0. The van der Waals surface area contributed by atoms with Gasteiger partial charge in [0.15, 0.2) is 0 Å². The summed E-state index contributed by atoms with van der Waals surface area (Å²) in [5.41, 5.74) is 0.642. The molecule has 2 unspecified atom stereocenters. The van der Waals surface area contributed by atoms with Crippen LogP contribution in [0.2, 0.25) is 20.1 Å². The number of benzene rings is 3. The van der Waals surface area contributed by atoms with Crippen LogP contribution < -0.4 is 9.62 Å². The van der Waals surface area contributed by atoms with Gasteiger partial charge in [-0.3, -0.25) is 13.9 Å². The number of halogens is 4. The molecule has 2 amide bonds. The van der Waals surface area contributed by atoms with Crippen molar-refractivity contribution in [3.63, 3.8) is 0 Å². The Balaban J connectivity index is 2.11. The molecule has 0 saturated carbocycles. The maximum Gasteiger partial charge on any atom is 0.264 e. The van der Waals surface area contributed by atoms with Gasteiger partial charge in [-0.2, -0.15) is 0 Å². The number of nitrogens with one attached hydrogen (secondary N) is 1. The minimum Gasteiger partial charge on any atom is -0.352 e. The Labute approximate surface area is 261 Å². The molecule has 0 heterocycles. The van der Waals surface area contributed by atoms with Crippen LogP contribution in [0.5, 0.6) is 0 Å². The average Bonchev–Trinajstić information content (AvgIpc) is 2.95. The molecule has 0 spiro atoms. The zero-order chi connectivity index (χ0) is 30.3. The minimum atomic E-state index is -4.28. The first-order chi connectivity index (χ1) is 19.4. The summed E-state index contributed by atoms with van der Waals surface area (Å²) in [5, 5.41) is 3.65. The predicted octanol–water partition coefficient (Wildman–Crippen LogP) is 7.22. The number of hydrogen-bond donors (Lipinski definition) is 1. The van der Waals surface area contributed by atoms with Crippen molar-refractivity contribution >= 4 is 73.9 Å². The van der Waals surface area contributed by atoms with E-state index in [9.17, 15) is 18.0 Å². The molecule has 0 radical (unpaired) electrons. The van der Waals surface area contributed by atoms with Gasteiger partial charge in [0.25, 0.3) is 10.0 Å². The fourth-order valence-electron chi connectivity index (χ4n) is 4.11. The molecule has 1 N–H and O–H groups in total. The molecule has 2 atom stereocenters. The van der Waals surface area contributed by atoms with Crippen molar-refractivity contribution < 1.29 is 18.0 Å². The Morgan fingerprint density at radius 3 is 2.15 bits per heavy atom. The topological polar surface area (TPSA) is 86.8 Å². The molecule has 0 bridgehead atoms. The summed E-state index contributed by atoms with van der Waals surface area (Å²) >= 11 is 25.0. The van der Waals surface area contributed by atoms with E-state index in [1.54, 1.807) is 49.4 Å². The number of sulfonamides is 1. The summed E-state index contributed by atoms with van der Waals surface area (Å²) in [6.07, 6.45) is 0.970. The highest BCUT2D eigenvalue weighted by atomic mass is 35.5. The van der Waals surface area contributed by atoms with Crippen molar-refractivity contribution in [3.8, 4) is 0 Å². The minimum absolute atomic E-state index is 0.0232. The molecule has 41 heavy (non-hydrogen) atoms. The van der Waals surface area contributed by atoms with Gasteiger partial charge >= 0.3 is 0 Å². The molecule has 3 aromatic rings. The lowest BCUT2D eigenvalue weighted by Gasteiger charge is -2.34. The second-order valence-electron chi connectivity index (χ2n) is 9.41. The molecule has 0 aliphatic rings. The number of carbonyl (C=O) groups excluding carboxylic acids is 2. The van der Waals surface area contributed by atoms with Gasteiger partial charge in [0, 0.05) is 12.6 Å². The van der Waals surface area contributed by atoms with Crippen LogP contribution in [0, 0.1) is 0 Å². The molecule has 220 valence electrons. The number of hydrogen-bond acceptors (Lipinski definition) is 4. The lowest BCUT2D eigenvalue weighted by Crippen LogP contribution is -2.53. The van der Waals surface area contributed by atoms with Gasteiger partial charge < -0.3 is 10.2 Å². The highest BCUT2D eigenvalue weighted by molar-refractivity contribution is 7.92. The molecule has 0 saturated heterocycles.